The first-order valence-corrected chi connectivity index (χ1v) is 15.4. The zero-order valence-corrected chi connectivity index (χ0v) is 25.4. The molecule has 8 nitrogen and oxygen atoms in total. The van der Waals surface area contributed by atoms with Gasteiger partial charge in [0, 0.05) is 13.1 Å². The molecule has 0 aliphatic carbocycles. The number of carbonyl (C=O) groups excluding carboxylic acids is 2. The van der Waals surface area contributed by atoms with Gasteiger partial charge in [0.15, 0.2) is 0 Å². The Morgan fingerprint density at radius 3 is 2.10 bits per heavy atom. The molecule has 3 rings (SSSR count). The lowest BCUT2D eigenvalue weighted by atomic mass is 10.1. The van der Waals surface area contributed by atoms with Gasteiger partial charge in [-0.25, -0.2) is 8.42 Å². The smallest absolute Gasteiger partial charge is 0.264 e. The summed E-state index contributed by atoms with van der Waals surface area (Å²) in [6, 6.07) is 21.6. The summed E-state index contributed by atoms with van der Waals surface area (Å²) in [6.07, 6.45) is 0.371. The third-order valence-electron chi connectivity index (χ3n) is 6.59. The van der Waals surface area contributed by atoms with Crippen LogP contribution in [0.5, 0.6) is 5.75 Å². The topological polar surface area (TPSA) is 96.0 Å². The minimum atomic E-state index is -4.12. The van der Waals surface area contributed by atoms with Crippen LogP contribution in [-0.4, -0.2) is 50.9 Å². The van der Waals surface area contributed by atoms with Gasteiger partial charge in [-0.05, 0) is 68.1 Å². The van der Waals surface area contributed by atoms with Gasteiger partial charge in [-0.15, -0.1) is 0 Å². The van der Waals surface area contributed by atoms with Gasteiger partial charge in [-0.2, -0.15) is 0 Å². The molecule has 0 aliphatic heterocycles. The molecule has 0 aromatic heterocycles. The van der Waals surface area contributed by atoms with Crippen LogP contribution < -0.4 is 14.4 Å². The van der Waals surface area contributed by atoms with Crippen molar-refractivity contribution in [2.24, 2.45) is 5.92 Å². The molecule has 1 atom stereocenters. The number of amides is 2. The number of hydrogen-bond donors (Lipinski definition) is 1. The van der Waals surface area contributed by atoms with E-state index in [0.717, 1.165) is 15.4 Å². The van der Waals surface area contributed by atoms with Gasteiger partial charge in [0.2, 0.25) is 11.8 Å². The highest BCUT2D eigenvalue weighted by Gasteiger charge is 2.33. The van der Waals surface area contributed by atoms with Crippen LogP contribution in [0.3, 0.4) is 0 Å². The second-order valence-electron chi connectivity index (χ2n) is 10.3. The van der Waals surface area contributed by atoms with E-state index in [9.17, 15) is 18.0 Å². The molecule has 0 bridgehead atoms. The molecular weight excluding hydrogens is 538 g/mol. The molecule has 0 spiro atoms. The Balaban J connectivity index is 2.03. The average molecular weight is 580 g/mol. The number of benzene rings is 3. The lowest BCUT2D eigenvalue weighted by Crippen LogP contribution is -2.52. The molecule has 0 aliphatic rings. The highest BCUT2D eigenvalue weighted by atomic mass is 32.2. The van der Waals surface area contributed by atoms with Crippen molar-refractivity contribution in [3.8, 4) is 5.75 Å². The van der Waals surface area contributed by atoms with E-state index in [4.69, 9.17) is 4.74 Å². The normalized spacial score (nSPS) is 12.0. The molecule has 9 heteroatoms. The molecule has 2 amide bonds. The van der Waals surface area contributed by atoms with E-state index >= 15 is 0 Å². The Kier molecular flexibility index (Phi) is 11.3. The zero-order chi connectivity index (χ0) is 30.0. The Morgan fingerprint density at radius 2 is 1.54 bits per heavy atom. The maximum absolute atomic E-state index is 14.1. The summed E-state index contributed by atoms with van der Waals surface area (Å²) in [4.78, 5) is 28.9. The highest BCUT2D eigenvalue weighted by Crippen LogP contribution is 2.27. The quantitative estimate of drug-likeness (QED) is 0.284. The molecule has 0 heterocycles. The second kappa shape index (κ2) is 14.7. The molecule has 3 aromatic carbocycles. The third kappa shape index (κ3) is 8.57. The van der Waals surface area contributed by atoms with Crippen LogP contribution in [0.4, 0.5) is 5.69 Å². The Bertz CT molecular complexity index is 1380. The van der Waals surface area contributed by atoms with E-state index in [1.807, 2.05) is 58.9 Å². The Labute approximate surface area is 244 Å². The van der Waals surface area contributed by atoms with E-state index in [2.05, 4.69) is 5.32 Å². The lowest BCUT2D eigenvalue weighted by molar-refractivity contribution is -0.140. The number of hydrogen-bond acceptors (Lipinski definition) is 5. The molecule has 3 aromatic rings. The summed E-state index contributed by atoms with van der Waals surface area (Å²) in [6.45, 7) is 10.3. The fourth-order valence-electron chi connectivity index (χ4n) is 4.36. The highest BCUT2D eigenvalue weighted by molar-refractivity contribution is 7.92. The molecular formula is C32H41N3O5S. The average Bonchev–Trinajstić information content (AvgIpc) is 2.96. The molecule has 0 unspecified atom stereocenters. The number of rotatable bonds is 14. The van der Waals surface area contributed by atoms with Crippen LogP contribution in [-0.2, 0) is 26.2 Å². The molecule has 0 saturated heterocycles. The first-order valence-electron chi connectivity index (χ1n) is 14.0. The maximum atomic E-state index is 14.1. The Morgan fingerprint density at radius 1 is 0.902 bits per heavy atom. The van der Waals surface area contributed by atoms with Gasteiger partial charge in [0.25, 0.3) is 10.0 Å². The third-order valence-corrected chi connectivity index (χ3v) is 8.38. The summed E-state index contributed by atoms with van der Waals surface area (Å²) in [5, 5.41) is 2.94. The van der Waals surface area contributed by atoms with Crippen LogP contribution in [0.15, 0.2) is 83.8 Å². The molecule has 0 fully saturated rings. The summed E-state index contributed by atoms with van der Waals surface area (Å²) in [5.74, 6) is 0.0862. The fourth-order valence-corrected chi connectivity index (χ4v) is 5.79. The monoisotopic (exact) mass is 579 g/mol. The molecule has 1 N–H and O–H groups in total. The SMILES string of the molecule is CCOc1ccc(N(CC(=O)N(Cc2ccc(C)cc2)[C@@H](CC)C(=O)NCC(C)C)S(=O)(=O)c2ccccc2)cc1. The number of anilines is 1. The number of sulfonamides is 1. The van der Waals surface area contributed by atoms with Gasteiger partial charge in [-0.1, -0.05) is 68.8 Å². The minimum Gasteiger partial charge on any atom is -0.494 e. The second-order valence-corrected chi connectivity index (χ2v) is 12.2. The first kappa shape index (κ1) is 31.7. The predicted octanol–water partition coefficient (Wildman–Crippen LogP) is 5.17. The van der Waals surface area contributed by atoms with E-state index in [1.165, 1.54) is 17.0 Å². The van der Waals surface area contributed by atoms with Gasteiger partial charge in [0.05, 0.1) is 17.2 Å². The minimum absolute atomic E-state index is 0.0634. The van der Waals surface area contributed by atoms with Crippen LogP contribution in [0, 0.1) is 12.8 Å². The van der Waals surface area contributed by atoms with Crippen LogP contribution in [0.1, 0.15) is 45.2 Å². The number of ether oxygens (including phenoxy) is 1. The van der Waals surface area contributed by atoms with Crippen molar-refractivity contribution >= 4 is 27.5 Å². The van der Waals surface area contributed by atoms with E-state index < -0.39 is 28.5 Å². The summed E-state index contributed by atoms with van der Waals surface area (Å²) < 4.78 is 34.4. The van der Waals surface area contributed by atoms with Crippen molar-refractivity contribution in [1.29, 1.82) is 0 Å². The van der Waals surface area contributed by atoms with Crippen LogP contribution in [0.25, 0.3) is 0 Å². The number of carbonyl (C=O) groups is 2. The molecule has 0 saturated carbocycles. The van der Waals surface area contributed by atoms with Crippen molar-refractivity contribution in [2.75, 3.05) is 24.0 Å². The van der Waals surface area contributed by atoms with Crippen LogP contribution >= 0.6 is 0 Å². The van der Waals surface area contributed by atoms with Crippen molar-refractivity contribution in [3.05, 3.63) is 90.0 Å². The van der Waals surface area contributed by atoms with Crippen molar-refractivity contribution < 1.29 is 22.7 Å². The van der Waals surface area contributed by atoms with E-state index in [-0.39, 0.29) is 23.3 Å². The molecule has 220 valence electrons. The number of nitrogens with one attached hydrogen (secondary N) is 1. The van der Waals surface area contributed by atoms with Crippen molar-refractivity contribution in [3.63, 3.8) is 0 Å². The van der Waals surface area contributed by atoms with Crippen molar-refractivity contribution in [1.82, 2.24) is 10.2 Å². The fraction of sp³-hybridized carbons (Fsp3) is 0.375. The lowest BCUT2D eigenvalue weighted by Gasteiger charge is -2.33. The zero-order valence-electron chi connectivity index (χ0n) is 24.5. The van der Waals surface area contributed by atoms with E-state index in [1.54, 1.807) is 42.5 Å². The number of nitrogens with zero attached hydrogens (tertiary/aromatic N) is 2. The first-order chi connectivity index (χ1) is 19.6. The summed E-state index contributed by atoms with van der Waals surface area (Å²) in [5.41, 5.74) is 2.24. The maximum Gasteiger partial charge on any atom is 0.264 e. The van der Waals surface area contributed by atoms with E-state index in [0.29, 0.717) is 31.0 Å². The van der Waals surface area contributed by atoms with Gasteiger partial charge < -0.3 is 15.0 Å². The number of aryl methyl sites for hydroxylation is 1. The summed E-state index contributed by atoms with van der Waals surface area (Å²) in [7, 11) is -4.12. The van der Waals surface area contributed by atoms with Crippen LogP contribution in [0.2, 0.25) is 0 Å². The standard InChI is InChI=1S/C32H41N3O5S/c1-6-30(32(37)33-21-24(3)4)34(22-26-15-13-25(5)14-16-26)31(36)23-35(27-17-19-28(20-18-27)40-7-2)41(38,39)29-11-9-8-10-12-29/h8-20,24,30H,6-7,21-23H2,1-5H3,(H,33,37)/t30-/m0/s1. The van der Waals surface area contributed by atoms with Crippen molar-refractivity contribution in [2.45, 2.75) is 58.5 Å². The van der Waals surface area contributed by atoms with Gasteiger partial charge >= 0.3 is 0 Å². The largest absolute Gasteiger partial charge is 0.494 e. The molecule has 41 heavy (non-hydrogen) atoms. The Hall–Kier alpha value is -3.85. The predicted molar refractivity (Wildman–Crippen MR) is 162 cm³/mol. The molecule has 0 radical (unpaired) electrons. The summed E-state index contributed by atoms with van der Waals surface area (Å²) >= 11 is 0. The van der Waals surface area contributed by atoms with Gasteiger partial charge in [0.1, 0.15) is 18.3 Å². The van der Waals surface area contributed by atoms with Gasteiger partial charge in [-0.3, -0.25) is 13.9 Å².